The second kappa shape index (κ2) is 12.5. The fourth-order valence-electron chi connectivity index (χ4n) is 4.74. The minimum absolute atomic E-state index is 0.0196. The Labute approximate surface area is 231 Å². The molecule has 1 aliphatic heterocycles. The number of rotatable bonds is 6. The Morgan fingerprint density at radius 3 is 2.24 bits per heavy atom. The normalized spacial score (nSPS) is 18.6. The van der Waals surface area contributed by atoms with Crippen molar-refractivity contribution in [2.75, 3.05) is 26.7 Å². The number of benzene rings is 2. The van der Waals surface area contributed by atoms with Gasteiger partial charge in [0.2, 0.25) is 0 Å². The van der Waals surface area contributed by atoms with Crippen LogP contribution in [0.15, 0.2) is 36.4 Å². The van der Waals surface area contributed by atoms with E-state index in [-0.39, 0.29) is 44.2 Å². The van der Waals surface area contributed by atoms with Crippen LogP contribution in [0.4, 0.5) is 40.3 Å². The van der Waals surface area contributed by atoms with Crippen LogP contribution in [0, 0.1) is 12.7 Å². The summed E-state index contributed by atoms with van der Waals surface area (Å²) in [4.78, 5) is 28.2. The molecule has 2 aromatic carbocycles. The van der Waals surface area contributed by atoms with E-state index in [2.05, 4.69) is 5.32 Å². The van der Waals surface area contributed by atoms with E-state index in [1.807, 2.05) is 0 Å². The molecule has 1 heterocycles. The molecule has 3 rings (SSSR count). The molecule has 0 unspecified atom stereocenters. The number of aliphatic hydroxyl groups is 1. The van der Waals surface area contributed by atoms with Crippen LogP contribution in [0.5, 0.6) is 0 Å². The monoisotopic (exact) mass is 593 g/mol. The van der Waals surface area contributed by atoms with Crippen molar-refractivity contribution in [2.24, 2.45) is 0 Å². The summed E-state index contributed by atoms with van der Waals surface area (Å²) in [6.45, 7) is 2.61. The minimum atomic E-state index is -5.05. The summed E-state index contributed by atoms with van der Waals surface area (Å²) < 4.78 is 99.7. The molecule has 0 bridgehead atoms. The number of halogens is 7. The van der Waals surface area contributed by atoms with Gasteiger partial charge in [0, 0.05) is 33.0 Å². The quantitative estimate of drug-likeness (QED) is 0.391. The van der Waals surface area contributed by atoms with Crippen molar-refractivity contribution in [2.45, 2.75) is 57.2 Å². The number of hydrogen-bond donors (Lipinski definition) is 2. The van der Waals surface area contributed by atoms with Crippen LogP contribution in [0.25, 0.3) is 0 Å². The maximum atomic E-state index is 13.8. The molecule has 0 saturated carbocycles. The number of alkyl halides is 6. The van der Waals surface area contributed by atoms with Gasteiger partial charge in [0.05, 0.1) is 29.8 Å². The van der Waals surface area contributed by atoms with E-state index in [4.69, 9.17) is 9.84 Å². The highest BCUT2D eigenvalue weighted by Gasteiger charge is 2.40. The number of urea groups is 1. The molecule has 1 aliphatic rings. The van der Waals surface area contributed by atoms with Crippen molar-refractivity contribution in [3.8, 4) is 0 Å². The number of aliphatic hydroxyl groups excluding tert-OH is 1. The fourth-order valence-corrected chi connectivity index (χ4v) is 4.74. The van der Waals surface area contributed by atoms with Crippen molar-refractivity contribution in [3.63, 3.8) is 0 Å². The van der Waals surface area contributed by atoms with Crippen LogP contribution >= 0.6 is 0 Å². The standard InChI is InChI=1S/C27H30F7N3O4/c1-15-10-20(28)4-5-22(15)23-14-21(41-24(39)35-7-9-38)6-8-37(23)25(40)36(3)16(2)17-11-18(26(29,30)31)13-19(12-17)27(32,33)34/h4-5,10-13,16,21,23,38H,6-9,14H2,1-3H3,(H,35,39)/t16-,21-,23+/m0/s1. The fraction of sp³-hybridized carbons (Fsp3) is 0.481. The molecule has 3 atom stereocenters. The number of carbonyl (C=O) groups is 2. The molecule has 0 spiro atoms. The predicted molar refractivity (Wildman–Crippen MR) is 133 cm³/mol. The van der Waals surface area contributed by atoms with Crippen LogP contribution in [0.1, 0.15) is 59.7 Å². The Morgan fingerprint density at radius 2 is 1.71 bits per heavy atom. The molecule has 1 saturated heterocycles. The minimum Gasteiger partial charge on any atom is -0.446 e. The number of piperidine rings is 1. The molecule has 14 heteroatoms. The number of carbonyl (C=O) groups excluding carboxylic acids is 2. The molecular weight excluding hydrogens is 563 g/mol. The van der Waals surface area contributed by atoms with Crippen LogP contribution in [-0.2, 0) is 17.1 Å². The molecule has 226 valence electrons. The molecule has 3 amide bonds. The number of nitrogens with one attached hydrogen (secondary N) is 1. The maximum absolute atomic E-state index is 13.8. The topological polar surface area (TPSA) is 82.1 Å². The molecule has 7 nitrogen and oxygen atoms in total. The number of alkyl carbamates (subject to hydrolysis) is 1. The van der Waals surface area contributed by atoms with E-state index >= 15 is 0 Å². The van der Waals surface area contributed by atoms with E-state index < -0.39 is 59.6 Å². The van der Waals surface area contributed by atoms with Crippen molar-refractivity contribution in [1.82, 2.24) is 15.1 Å². The van der Waals surface area contributed by atoms with E-state index in [9.17, 15) is 40.3 Å². The highest BCUT2D eigenvalue weighted by atomic mass is 19.4. The largest absolute Gasteiger partial charge is 0.446 e. The Kier molecular flexibility index (Phi) is 9.77. The number of ether oxygens (including phenoxy) is 1. The maximum Gasteiger partial charge on any atom is 0.416 e. The third-order valence-corrected chi connectivity index (χ3v) is 7.02. The van der Waals surface area contributed by atoms with Crippen LogP contribution in [-0.4, -0.2) is 59.9 Å². The van der Waals surface area contributed by atoms with Gasteiger partial charge in [-0.15, -0.1) is 0 Å². The average molecular weight is 594 g/mol. The summed E-state index contributed by atoms with van der Waals surface area (Å²) in [5.74, 6) is -0.521. The molecule has 2 aromatic rings. The average Bonchev–Trinajstić information content (AvgIpc) is 2.89. The van der Waals surface area contributed by atoms with Gasteiger partial charge in [-0.25, -0.2) is 14.0 Å². The zero-order valence-corrected chi connectivity index (χ0v) is 22.4. The van der Waals surface area contributed by atoms with Gasteiger partial charge in [-0.05, 0) is 60.9 Å². The summed E-state index contributed by atoms with van der Waals surface area (Å²) in [5.41, 5.74) is -2.33. The van der Waals surface area contributed by atoms with Gasteiger partial charge in [-0.2, -0.15) is 26.3 Å². The lowest BCUT2D eigenvalue weighted by molar-refractivity contribution is -0.143. The van der Waals surface area contributed by atoms with Gasteiger partial charge in [0.15, 0.2) is 0 Å². The lowest BCUT2D eigenvalue weighted by Gasteiger charge is -2.42. The van der Waals surface area contributed by atoms with Crippen molar-refractivity contribution < 1.29 is 50.2 Å². The highest BCUT2D eigenvalue weighted by molar-refractivity contribution is 5.75. The van der Waals surface area contributed by atoms with Crippen molar-refractivity contribution >= 4 is 12.1 Å². The molecule has 0 aromatic heterocycles. The first kappa shape index (κ1) is 32.0. The van der Waals surface area contributed by atoms with Crippen LogP contribution < -0.4 is 5.32 Å². The lowest BCUT2D eigenvalue weighted by atomic mass is 9.90. The van der Waals surface area contributed by atoms with E-state index in [0.717, 1.165) is 4.90 Å². The summed E-state index contributed by atoms with van der Waals surface area (Å²) in [6.07, 6.45) is -11.3. The SMILES string of the molecule is Cc1cc(F)ccc1[C@H]1C[C@@H](OC(=O)NCCO)CCN1C(=O)N(C)[C@@H](C)c1cc(C(F)(F)F)cc(C(F)(F)F)c1. The van der Waals surface area contributed by atoms with Gasteiger partial charge < -0.3 is 25.0 Å². The second-order valence-corrected chi connectivity index (χ2v) is 9.82. The third-order valence-electron chi connectivity index (χ3n) is 7.02. The van der Waals surface area contributed by atoms with Crippen LogP contribution in [0.3, 0.4) is 0 Å². The zero-order valence-electron chi connectivity index (χ0n) is 22.4. The number of amides is 3. The first-order chi connectivity index (χ1) is 19.0. The van der Waals surface area contributed by atoms with E-state index in [1.165, 1.54) is 37.1 Å². The number of nitrogens with zero attached hydrogens (tertiary/aromatic N) is 2. The molecule has 41 heavy (non-hydrogen) atoms. The lowest BCUT2D eigenvalue weighted by Crippen LogP contribution is -2.49. The summed E-state index contributed by atoms with van der Waals surface area (Å²) in [6, 6.07) is 2.45. The Balaban J connectivity index is 1.93. The summed E-state index contributed by atoms with van der Waals surface area (Å²) in [5, 5.41) is 11.2. The number of aryl methyl sites for hydroxylation is 1. The van der Waals surface area contributed by atoms with Gasteiger partial charge in [-0.1, -0.05) is 6.07 Å². The third kappa shape index (κ3) is 7.80. The molecule has 0 radical (unpaired) electrons. The second-order valence-electron chi connectivity index (χ2n) is 9.82. The first-order valence-corrected chi connectivity index (χ1v) is 12.7. The molecule has 2 N–H and O–H groups in total. The first-order valence-electron chi connectivity index (χ1n) is 12.7. The predicted octanol–water partition coefficient (Wildman–Crippen LogP) is 6.21. The van der Waals surface area contributed by atoms with Gasteiger partial charge in [-0.3, -0.25) is 0 Å². The van der Waals surface area contributed by atoms with Gasteiger partial charge in [0.1, 0.15) is 11.9 Å². The Hall–Kier alpha value is -3.55. The zero-order chi connectivity index (χ0) is 30.7. The van der Waals surface area contributed by atoms with Crippen LogP contribution in [0.2, 0.25) is 0 Å². The molecular formula is C27H30F7N3O4. The van der Waals surface area contributed by atoms with Gasteiger partial charge in [0.25, 0.3) is 0 Å². The molecule has 1 fully saturated rings. The Morgan fingerprint density at radius 1 is 1.10 bits per heavy atom. The van der Waals surface area contributed by atoms with E-state index in [0.29, 0.717) is 23.3 Å². The highest BCUT2D eigenvalue weighted by Crippen LogP contribution is 2.39. The number of hydrogen-bond acceptors (Lipinski definition) is 4. The summed E-state index contributed by atoms with van der Waals surface area (Å²) >= 11 is 0. The Bertz CT molecular complexity index is 1220. The smallest absolute Gasteiger partial charge is 0.416 e. The number of likely N-dealkylation sites (tertiary alicyclic amines) is 1. The van der Waals surface area contributed by atoms with E-state index in [1.54, 1.807) is 6.92 Å². The van der Waals surface area contributed by atoms with Gasteiger partial charge >= 0.3 is 24.5 Å². The van der Waals surface area contributed by atoms with Crippen molar-refractivity contribution in [1.29, 1.82) is 0 Å². The van der Waals surface area contributed by atoms with Crippen molar-refractivity contribution in [3.05, 3.63) is 70.0 Å². The summed E-state index contributed by atoms with van der Waals surface area (Å²) in [7, 11) is 1.26. The molecule has 0 aliphatic carbocycles.